The first-order chi connectivity index (χ1) is 9.84. The number of halogens is 1. The van der Waals surface area contributed by atoms with Crippen LogP contribution in [-0.2, 0) is 9.84 Å². The van der Waals surface area contributed by atoms with Crippen molar-refractivity contribution in [2.24, 2.45) is 5.73 Å². The van der Waals surface area contributed by atoms with Gasteiger partial charge in [-0.2, -0.15) is 0 Å². The molecule has 0 bridgehead atoms. The minimum atomic E-state index is -3.33. The fourth-order valence-corrected chi connectivity index (χ4v) is 3.81. The number of sulfone groups is 1. The molecule has 1 aromatic carbocycles. The third-order valence-corrected chi connectivity index (χ3v) is 5.23. The lowest BCUT2D eigenvalue weighted by atomic mass is 10.0. The van der Waals surface area contributed by atoms with Crippen LogP contribution in [0.2, 0.25) is 0 Å². The van der Waals surface area contributed by atoms with Crippen LogP contribution < -0.4 is 5.73 Å². The summed E-state index contributed by atoms with van der Waals surface area (Å²) in [5.41, 5.74) is 6.82. The Labute approximate surface area is 138 Å². The van der Waals surface area contributed by atoms with E-state index in [9.17, 15) is 13.2 Å². The van der Waals surface area contributed by atoms with Crippen molar-refractivity contribution in [1.29, 1.82) is 0 Å². The molecular formula is C15H23ClN2O3S. The van der Waals surface area contributed by atoms with E-state index in [0.717, 1.165) is 25.5 Å². The van der Waals surface area contributed by atoms with Gasteiger partial charge in [-0.05, 0) is 43.9 Å². The number of likely N-dealkylation sites (tertiary alicyclic amines) is 1. The van der Waals surface area contributed by atoms with E-state index in [0.29, 0.717) is 24.2 Å². The number of hydrogen-bond donors (Lipinski definition) is 1. The zero-order chi connectivity index (χ0) is 15.6. The largest absolute Gasteiger partial charge is 0.334 e. The predicted octanol–water partition coefficient (Wildman–Crippen LogP) is 1.77. The first-order valence-corrected chi connectivity index (χ1v) is 9.05. The van der Waals surface area contributed by atoms with Crippen LogP contribution in [0.1, 0.15) is 35.2 Å². The van der Waals surface area contributed by atoms with E-state index < -0.39 is 9.84 Å². The fourth-order valence-electron chi connectivity index (χ4n) is 2.81. The number of rotatable bonds is 3. The van der Waals surface area contributed by atoms with Crippen LogP contribution in [-0.4, -0.2) is 44.6 Å². The van der Waals surface area contributed by atoms with E-state index in [4.69, 9.17) is 5.73 Å². The van der Waals surface area contributed by atoms with Crippen molar-refractivity contribution in [3.8, 4) is 0 Å². The zero-order valence-corrected chi connectivity index (χ0v) is 14.5. The lowest BCUT2D eigenvalue weighted by Gasteiger charge is -2.35. The van der Waals surface area contributed by atoms with Crippen LogP contribution in [0.15, 0.2) is 23.1 Å². The summed E-state index contributed by atoms with van der Waals surface area (Å²) in [5, 5.41) is 0. The molecule has 1 fully saturated rings. The van der Waals surface area contributed by atoms with Gasteiger partial charge in [0.1, 0.15) is 0 Å². The number of carbonyl (C=O) groups is 1. The van der Waals surface area contributed by atoms with Crippen LogP contribution >= 0.6 is 12.4 Å². The Morgan fingerprint density at radius 3 is 2.64 bits per heavy atom. The molecule has 1 atom stereocenters. The molecule has 2 N–H and O–H groups in total. The lowest BCUT2D eigenvalue weighted by Crippen LogP contribution is -2.47. The minimum absolute atomic E-state index is 0. The molecule has 1 aromatic rings. The van der Waals surface area contributed by atoms with Crippen molar-refractivity contribution in [2.75, 3.05) is 19.3 Å². The molecule has 0 saturated carbocycles. The Balaban J connectivity index is 0.00000242. The third kappa shape index (κ3) is 4.00. The second-order valence-electron chi connectivity index (χ2n) is 5.64. The van der Waals surface area contributed by atoms with Crippen molar-refractivity contribution in [2.45, 2.75) is 37.1 Å². The van der Waals surface area contributed by atoms with Crippen molar-refractivity contribution in [1.82, 2.24) is 4.90 Å². The van der Waals surface area contributed by atoms with Gasteiger partial charge in [0.2, 0.25) is 0 Å². The summed E-state index contributed by atoms with van der Waals surface area (Å²) < 4.78 is 23.6. The smallest absolute Gasteiger partial charge is 0.254 e. The van der Waals surface area contributed by atoms with Gasteiger partial charge < -0.3 is 10.6 Å². The highest BCUT2D eigenvalue weighted by Crippen LogP contribution is 2.22. The summed E-state index contributed by atoms with van der Waals surface area (Å²) in [7, 11) is -3.33. The summed E-state index contributed by atoms with van der Waals surface area (Å²) in [4.78, 5) is 14.6. The number of nitrogens with two attached hydrogens (primary N) is 1. The number of piperidine rings is 1. The maximum atomic E-state index is 12.6. The number of benzene rings is 1. The lowest BCUT2D eigenvalue weighted by molar-refractivity contribution is 0.0623. The summed E-state index contributed by atoms with van der Waals surface area (Å²) >= 11 is 0. The van der Waals surface area contributed by atoms with E-state index in [-0.39, 0.29) is 29.3 Å². The molecule has 0 aliphatic carbocycles. The molecular weight excluding hydrogens is 324 g/mol. The first-order valence-electron chi connectivity index (χ1n) is 7.16. The summed E-state index contributed by atoms with van der Waals surface area (Å²) in [6, 6.07) is 4.91. The first kappa shape index (κ1) is 18.9. The highest BCUT2D eigenvalue weighted by molar-refractivity contribution is 7.90. The Morgan fingerprint density at radius 2 is 2.05 bits per heavy atom. The average molecular weight is 347 g/mol. The van der Waals surface area contributed by atoms with Crippen molar-refractivity contribution < 1.29 is 13.2 Å². The van der Waals surface area contributed by atoms with Gasteiger partial charge in [-0.3, -0.25) is 4.79 Å². The fraction of sp³-hybridized carbons (Fsp3) is 0.533. The molecule has 1 saturated heterocycles. The average Bonchev–Trinajstić information content (AvgIpc) is 2.45. The van der Waals surface area contributed by atoms with Crippen LogP contribution in [0.3, 0.4) is 0 Å². The van der Waals surface area contributed by atoms with Gasteiger partial charge in [0.05, 0.1) is 4.90 Å². The number of aryl methyl sites for hydroxylation is 1. The predicted molar refractivity (Wildman–Crippen MR) is 89.3 cm³/mol. The zero-order valence-electron chi connectivity index (χ0n) is 12.9. The van der Waals surface area contributed by atoms with E-state index in [1.54, 1.807) is 24.0 Å². The van der Waals surface area contributed by atoms with E-state index in [1.807, 2.05) is 0 Å². The maximum Gasteiger partial charge on any atom is 0.254 e. The summed E-state index contributed by atoms with van der Waals surface area (Å²) in [6.45, 7) is 2.85. The van der Waals surface area contributed by atoms with Gasteiger partial charge in [0.25, 0.3) is 5.91 Å². The molecule has 0 aromatic heterocycles. The normalized spacial score (nSPS) is 18.7. The Morgan fingerprint density at radius 1 is 1.36 bits per heavy atom. The Bertz CT molecular complexity index is 646. The molecule has 2 rings (SSSR count). The number of nitrogens with zero attached hydrogens (tertiary/aromatic N) is 1. The second kappa shape index (κ2) is 7.44. The molecule has 7 heteroatoms. The van der Waals surface area contributed by atoms with Gasteiger partial charge in [-0.15, -0.1) is 12.4 Å². The molecule has 5 nitrogen and oxygen atoms in total. The number of hydrogen-bond acceptors (Lipinski definition) is 4. The molecule has 124 valence electrons. The monoisotopic (exact) mass is 346 g/mol. The molecule has 1 aliphatic rings. The second-order valence-corrected chi connectivity index (χ2v) is 7.62. The highest BCUT2D eigenvalue weighted by Gasteiger charge is 2.27. The van der Waals surface area contributed by atoms with Gasteiger partial charge in [-0.1, -0.05) is 6.07 Å². The number of amides is 1. The van der Waals surface area contributed by atoms with Gasteiger partial charge in [0, 0.05) is 31.0 Å². The Hall–Kier alpha value is -1.11. The molecule has 0 radical (unpaired) electrons. The van der Waals surface area contributed by atoms with Crippen molar-refractivity contribution in [3.63, 3.8) is 0 Å². The minimum Gasteiger partial charge on any atom is -0.334 e. The quantitative estimate of drug-likeness (QED) is 0.904. The van der Waals surface area contributed by atoms with Crippen molar-refractivity contribution >= 4 is 28.2 Å². The third-order valence-electron chi connectivity index (χ3n) is 3.99. The Kier molecular flexibility index (Phi) is 6.40. The van der Waals surface area contributed by atoms with Crippen molar-refractivity contribution in [3.05, 3.63) is 29.3 Å². The summed E-state index contributed by atoms with van der Waals surface area (Å²) in [5.74, 6) is -0.130. The van der Waals surface area contributed by atoms with E-state index >= 15 is 0 Å². The molecule has 22 heavy (non-hydrogen) atoms. The van der Waals surface area contributed by atoms with Crippen LogP contribution in [0.25, 0.3) is 0 Å². The maximum absolute atomic E-state index is 12.6. The molecule has 1 amide bonds. The molecule has 1 unspecified atom stereocenters. The number of carbonyl (C=O) groups excluding carboxylic acids is 1. The van der Waals surface area contributed by atoms with E-state index in [2.05, 4.69) is 0 Å². The van der Waals surface area contributed by atoms with Gasteiger partial charge in [0.15, 0.2) is 9.84 Å². The summed E-state index contributed by atoms with van der Waals surface area (Å²) in [6.07, 6.45) is 4.11. The van der Waals surface area contributed by atoms with Crippen LogP contribution in [0.4, 0.5) is 0 Å². The topological polar surface area (TPSA) is 80.5 Å². The molecule has 0 spiro atoms. The van der Waals surface area contributed by atoms with Crippen LogP contribution in [0.5, 0.6) is 0 Å². The van der Waals surface area contributed by atoms with Gasteiger partial charge >= 0.3 is 0 Å². The van der Waals surface area contributed by atoms with E-state index in [1.165, 1.54) is 6.07 Å². The standard InChI is InChI=1S/C15H22N2O3S.ClH/c1-11-6-7-12(9-14(11)21(2,19)20)15(18)17-8-4-3-5-13(17)10-16;/h6-7,9,13H,3-5,8,10,16H2,1-2H3;1H. The molecule has 1 heterocycles. The molecule has 1 aliphatic heterocycles. The van der Waals surface area contributed by atoms with Crippen LogP contribution in [0, 0.1) is 6.92 Å². The van der Waals surface area contributed by atoms with Gasteiger partial charge in [-0.25, -0.2) is 8.42 Å². The SMILES string of the molecule is Cc1ccc(C(=O)N2CCCCC2CN)cc1S(C)(=O)=O.Cl. The highest BCUT2D eigenvalue weighted by atomic mass is 35.5.